The van der Waals surface area contributed by atoms with Crippen molar-refractivity contribution in [3.63, 3.8) is 0 Å². The molecule has 3 nitrogen and oxygen atoms in total. The number of carbonyl (C=O) groups excluding carboxylic acids is 1. The summed E-state index contributed by atoms with van der Waals surface area (Å²) in [6, 6.07) is 8.08. The summed E-state index contributed by atoms with van der Waals surface area (Å²) in [5, 5.41) is 4.08. The number of Topliss-reactive ketones (excluding diaryl/α,β-unsaturated/α-hetero) is 1. The molecule has 0 aromatic heterocycles. The Labute approximate surface area is 120 Å². The van der Waals surface area contributed by atoms with Crippen molar-refractivity contribution >= 4 is 27.9 Å². The molecule has 2 aromatic rings. The lowest BCUT2D eigenvalue weighted by atomic mass is 9.99. The number of anilines is 2. The van der Waals surface area contributed by atoms with Gasteiger partial charge in [-0.3, -0.25) is 4.79 Å². The minimum Gasteiger partial charge on any atom is -0.387 e. The monoisotopic (exact) mass is 296 g/mol. The van der Waals surface area contributed by atoms with Crippen LogP contribution >= 0.6 is 0 Å². The smallest absolute Gasteiger partial charge is 0.387 e. The summed E-state index contributed by atoms with van der Waals surface area (Å²) in [5.41, 5.74) is 0.696. The van der Waals surface area contributed by atoms with E-state index in [-0.39, 0.29) is 11.3 Å². The van der Waals surface area contributed by atoms with Crippen LogP contribution in [0.3, 0.4) is 0 Å². The van der Waals surface area contributed by atoms with E-state index in [1.165, 1.54) is 13.1 Å². The predicted molar refractivity (Wildman–Crippen MR) is 78.2 cm³/mol. The predicted octanol–water partition coefficient (Wildman–Crippen LogP) is 3.69. The van der Waals surface area contributed by atoms with Gasteiger partial charge in [0.05, 0.1) is 11.3 Å². The van der Waals surface area contributed by atoms with Crippen LogP contribution in [0.1, 0.15) is 10.4 Å². The number of fused-ring (bicyclic) bond motifs is 1. The highest BCUT2D eigenvalue weighted by Crippen LogP contribution is 2.35. The van der Waals surface area contributed by atoms with Crippen LogP contribution in [0.25, 0.3) is 10.8 Å². The molecule has 0 aliphatic rings. The van der Waals surface area contributed by atoms with Crippen LogP contribution in [0.15, 0.2) is 30.3 Å². The van der Waals surface area contributed by atoms with Gasteiger partial charge in [-0.25, -0.2) is 0 Å². The number of nitrogens with one attached hydrogen (secondary N) is 1. The van der Waals surface area contributed by atoms with E-state index in [1.54, 1.807) is 18.2 Å². The lowest BCUT2D eigenvalue weighted by Gasteiger charge is -2.18. The van der Waals surface area contributed by atoms with Crippen LogP contribution in [0.2, 0.25) is 0 Å². The molecule has 0 aliphatic carbocycles. The second kappa shape index (κ2) is 5.27. The molecule has 0 radical (unpaired) electrons. The first-order valence-corrected chi connectivity index (χ1v) is 6.29. The Balaban J connectivity index is 2.75. The Morgan fingerprint density at radius 1 is 1.10 bits per heavy atom. The van der Waals surface area contributed by atoms with Gasteiger partial charge in [-0.2, -0.15) is 13.2 Å². The molecule has 0 heterocycles. The maximum Gasteiger partial charge on any atom is 0.454 e. The molecule has 21 heavy (non-hydrogen) atoms. The molecular formula is C15H15F3N2O. The minimum atomic E-state index is -4.89. The fraction of sp³-hybridized carbons (Fsp3) is 0.267. The number of carbonyl (C=O) groups is 1. The zero-order valence-corrected chi connectivity index (χ0v) is 11.9. The van der Waals surface area contributed by atoms with Crippen LogP contribution in [0, 0.1) is 0 Å². The minimum absolute atomic E-state index is 0.193. The lowest BCUT2D eigenvalue weighted by Crippen LogP contribution is -2.23. The molecule has 0 amide bonds. The maximum atomic E-state index is 12.7. The van der Waals surface area contributed by atoms with Gasteiger partial charge in [0.2, 0.25) is 0 Å². The van der Waals surface area contributed by atoms with Gasteiger partial charge >= 0.3 is 6.18 Å². The van der Waals surface area contributed by atoms with E-state index in [2.05, 4.69) is 5.32 Å². The molecule has 0 spiro atoms. The topological polar surface area (TPSA) is 32.3 Å². The van der Waals surface area contributed by atoms with Crippen molar-refractivity contribution in [1.29, 1.82) is 0 Å². The fourth-order valence-corrected chi connectivity index (χ4v) is 2.34. The van der Waals surface area contributed by atoms with Crippen molar-refractivity contribution in [2.45, 2.75) is 6.18 Å². The molecule has 0 saturated heterocycles. The molecule has 6 heteroatoms. The third-order valence-electron chi connectivity index (χ3n) is 3.27. The molecule has 1 N–H and O–H groups in total. The molecule has 0 aliphatic heterocycles. The summed E-state index contributed by atoms with van der Waals surface area (Å²) < 4.78 is 38.0. The highest BCUT2D eigenvalue weighted by atomic mass is 19.4. The van der Waals surface area contributed by atoms with Gasteiger partial charge in [0, 0.05) is 37.6 Å². The molecule has 2 aromatic carbocycles. The number of benzene rings is 2. The van der Waals surface area contributed by atoms with E-state index in [4.69, 9.17) is 0 Å². The van der Waals surface area contributed by atoms with Crippen molar-refractivity contribution in [1.82, 2.24) is 0 Å². The highest BCUT2D eigenvalue weighted by molar-refractivity contribution is 6.13. The Morgan fingerprint density at radius 2 is 1.76 bits per heavy atom. The zero-order valence-electron chi connectivity index (χ0n) is 11.9. The van der Waals surface area contributed by atoms with Gasteiger partial charge in [-0.1, -0.05) is 18.2 Å². The highest BCUT2D eigenvalue weighted by Gasteiger charge is 2.40. The number of hydrogen-bond acceptors (Lipinski definition) is 3. The second-order valence-corrected chi connectivity index (χ2v) is 4.83. The average Bonchev–Trinajstić information content (AvgIpc) is 2.43. The fourth-order valence-electron chi connectivity index (χ4n) is 2.34. The van der Waals surface area contributed by atoms with Gasteiger partial charge in [-0.15, -0.1) is 0 Å². The van der Waals surface area contributed by atoms with Crippen LogP contribution in [-0.2, 0) is 0 Å². The van der Waals surface area contributed by atoms with Gasteiger partial charge in [-0.05, 0) is 12.1 Å². The Morgan fingerprint density at radius 3 is 2.29 bits per heavy atom. The van der Waals surface area contributed by atoms with E-state index in [0.717, 1.165) is 11.1 Å². The molecule has 2 rings (SSSR count). The molecule has 0 unspecified atom stereocenters. The number of nitrogens with zero attached hydrogens (tertiary/aromatic N) is 1. The van der Waals surface area contributed by atoms with Crippen LogP contribution in [0.4, 0.5) is 24.5 Å². The molecule has 0 atom stereocenters. The average molecular weight is 296 g/mol. The van der Waals surface area contributed by atoms with E-state index in [9.17, 15) is 18.0 Å². The lowest BCUT2D eigenvalue weighted by molar-refractivity contribution is -0.0884. The summed E-state index contributed by atoms with van der Waals surface area (Å²) in [4.78, 5) is 13.4. The molecular weight excluding hydrogens is 281 g/mol. The summed E-state index contributed by atoms with van der Waals surface area (Å²) in [5.74, 6) is -1.84. The summed E-state index contributed by atoms with van der Waals surface area (Å²) >= 11 is 0. The van der Waals surface area contributed by atoms with Crippen LogP contribution in [0.5, 0.6) is 0 Å². The van der Waals surface area contributed by atoms with Crippen molar-refractivity contribution in [3.05, 3.63) is 35.9 Å². The number of hydrogen-bond donors (Lipinski definition) is 1. The first-order valence-electron chi connectivity index (χ1n) is 6.29. The van der Waals surface area contributed by atoms with Crippen molar-refractivity contribution in [2.75, 3.05) is 31.4 Å². The Hall–Kier alpha value is -2.24. The van der Waals surface area contributed by atoms with Crippen molar-refractivity contribution in [2.24, 2.45) is 0 Å². The summed E-state index contributed by atoms with van der Waals surface area (Å²) in [6.07, 6.45) is -4.89. The van der Waals surface area contributed by atoms with Gasteiger partial charge in [0.1, 0.15) is 0 Å². The van der Waals surface area contributed by atoms with E-state index >= 15 is 0 Å². The Bertz CT molecular complexity index is 693. The van der Waals surface area contributed by atoms with Crippen molar-refractivity contribution < 1.29 is 18.0 Å². The van der Waals surface area contributed by atoms with E-state index in [1.807, 2.05) is 25.1 Å². The van der Waals surface area contributed by atoms with Crippen LogP contribution < -0.4 is 10.2 Å². The molecule has 112 valence electrons. The third-order valence-corrected chi connectivity index (χ3v) is 3.27. The number of ketones is 1. The van der Waals surface area contributed by atoms with Crippen LogP contribution in [-0.4, -0.2) is 33.1 Å². The standard InChI is InChI=1S/C15H15F3N2O/c1-19-13-10-5-4-6-12(20(2)3)9(10)7-8-11(13)14(21)15(16,17)18/h4-8,19H,1-3H3. The molecule has 0 fully saturated rings. The SMILES string of the molecule is CNc1c(C(=O)C(F)(F)F)ccc2c(N(C)C)cccc12. The second-order valence-electron chi connectivity index (χ2n) is 4.83. The van der Waals surface area contributed by atoms with Gasteiger partial charge in [0.25, 0.3) is 5.78 Å². The summed E-state index contributed by atoms with van der Waals surface area (Å²) in [6.45, 7) is 0. The summed E-state index contributed by atoms with van der Waals surface area (Å²) in [7, 11) is 5.20. The number of alkyl halides is 3. The normalized spacial score (nSPS) is 11.5. The largest absolute Gasteiger partial charge is 0.454 e. The zero-order chi connectivity index (χ0) is 15.8. The first kappa shape index (κ1) is 15.2. The molecule has 0 saturated carbocycles. The first-order chi connectivity index (χ1) is 9.77. The van der Waals surface area contributed by atoms with Crippen molar-refractivity contribution in [3.8, 4) is 0 Å². The van der Waals surface area contributed by atoms with E-state index < -0.39 is 12.0 Å². The molecule has 0 bridgehead atoms. The number of halogens is 3. The van der Waals surface area contributed by atoms with E-state index in [0.29, 0.717) is 5.39 Å². The van der Waals surface area contributed by atoms with Gasteiger partial charge < -0.3 is 10.2 Å². The third kappa shape index (κ3) is 2.66. The quantitative estimate of drug-likeness (QED) is 0.877. The Kier molecular flexibility index (Phi) is 3.80. The number of rotatable bonds is 3. The van der Waals surface area contributed by atoms with Gasteiger partial charge in [0.15, 0.2) is 0 Å². The maximum absolute atomic E-state index is 12.7.